The Hall–Kier alpha value is -3.14. The molecule has 10 heteroatoms. The van der Waals surface area contributed by atoms with Crippen molar-refractivity contribution >= 4 is 23.7 Å². The minimum Gasteiger partial charge on any atom is -0.508 e. The van der Waals surface area contributed by atoms with E-state index in [1.807, 2.05) is 13.8 Å². The molecular weight excluding hydrogens is 416 g/mol. The van der Waals surface area contributed by atoms with Crippen LogP contribution in [0.2, 0.25) is 0 Å². The summed E-state index contributed by atoms with van der Waals surface area (Å²) in [6, 6.07) is 3.40. The van der Waals surface area contributed by atoms with Crippen molar-refractivity contribution in [3.05, 3.63) is 29.8 Å². The number of hydrogen-bond donors (Lipinski definition) is 6. The standard InChI is InChI=1S/C22H34N4O6/c1-12(2)9-17(22(31)32)25-18(28)11-24-21(30)19(13(3)4)26-20(29)16(23)10-14-5-7-15(27)8-6-14/h5-8,12-13,16-17,19,27H,9-11,23H2,1-4H3,(H,24,30)(H,25,28)(H,26,29)(H,31,32). The number of aromatic hydroxyl groups is 1. The van der Waals surface area contributed by atoms with E-state index in [9.17, 15) is 29.4 Å². The number of hydrogen-bond acceptors (Lipinski definition) is 6. The van der Waals surface area contributed by atoms with Gasteiger partial charge in [-0.2, -0.15) is 0 Å². The zero-order valence-corrected chi connectivity index (χ0v) is 18.9. The number of carbonyl (C=O) groups is 4. The molecule has 0 aliphatic carbocycles. The third-order valence-corrected chi connectivity index (χ3v) is 4.74. The summed E-state index contributed by atoms with van der Waals surface area (Å²) in [6.45, 7) is 6.73. The normalized spacial score (nSPS) is 13.8. The summed E-state index contributed by atoms with van der Waals surface area (Å²) < 4.78 is 0. The number of rotatable bonds is 12. The Morgan fingerprint density at radius 2 is 1.56 bits per heavy atom. The van der Waals surface area contributed by atoms with E-state index < -0.39 is 48.4 Å². The van der Waals surface area contributed by atoms with Gasteiger partial charge in [0.2, 0.25) is 17.7 Å². The van der Waals surface area contributed by atoms with Crippen molar-refractivity contribution in [3.63, 3.8) is 0 Å². The Kier molecular flexibility index (Phi) is 10.6. The molecule has 0 spiro atoms. The summed E-state index contributed by atoms with van der Waals surface area (Å²) in [6.07, 6.45) is 0.478. The predicted molar refractivity (Wildman–Crippen MR) is 119 cm³/mol. The second-order valence-corrected chi connectivity index (χ2v) is 8.51. The second-order valence-electron chi connectivity index (χ2n) is 8.51. The molecule has 0 aliphatic heterocycles. The zero-order chi connectivity index (χ0) is 24.4. The van der Waals surface area contributed by atoms with Crippen LogP contribution in [0.4, 0.5) is 0 Å². The molecule has 32 heavy (non-hydrogen) atoms. The molecule has 0 fully saturated rings. The van der Waals surface area contributed by atoms with Crippen LogP contribution in [0.15, 0.2) is 24.3 Å². The lowest BCUT2D eigenvalue weighted by Crippen LogP contribution is -2.55. The van der Waals surface area contributed by atoms with E-state index in [1.54, 1.807) is 26.0 Å². The Labute approximate surface area is 187 Å². The van der Waals surface area contributed by atoms with Gasteiger partial charge in [-0.15, -0.1) is 0 Å². The summed E-state index contributed by atoms with van der Waals surface area (Å²) >= 11 is 0. The molecule has 0 radical (unpaired) electrons. The van der Waals surface area contributed by atoms with Crippen LogP contribution in [0.1, 0.15) is 39.7 Å². The third-order valence-electron chi connectivity index (χ3n) is 4.74. The number of carbonyl (C=O) groups excluding carboxylic acids is 3. The lowest BCUT2D eigenvalue weighted by molar-refractivity contribution is -0.142. The third kappa shape index (κ3) is 9.34. The highest BCUT2D eigenvalue weighted by Gasteiger charge is 2.27. The van der Waals surface area contributed by atoms with Crippen molar-refractivity contribution < 1.29 is 29.4 Å². The van der Waals surface area contributed by atoms with Gasteiger partial charge in [-0.25, -0.2) is 4.79 Å². The molecule has 1 aromatic rings. The average Bonchev–Trinajstić information content (AvgIpc) is 2.70. The van der Waals surface area contributed by atoms with E-state index in [0.29, 0.717) is 0 Å². The molecule has 0 bridgehead atoms. The number of aliphatic carboxylic acids is 1. The minimum absolute atomic E-state index is 0.0670. The molecule has 10 nitrogen and oxygen atoms in total. The molecule has 0 aliphatic rings. The minimum atomic E-state index is -1.15. The van der Waals surface area contributed by atoms with Crippen LogP contribution < -0.4 is 21.7 Å². The summed E-state index contributed by atoms with van der Waals surface area (Å²) in [5.74, 6) is -2.99. The highest BCUT2D eigenvalue weighted by molar-refractivity contribution is 5.92. The first-order chi connectivity index (χ1) is 14.9. The Morgan fingerprint density at radius 3 is 2.06 bits per heavy atom. The van der Waals surface area contributed by atoms with Crippen LogP contribution in [0, 0.1) is 11.8 Å². The molecule has 0 saturated carbocycles. The quantitative estimate of drug-likeness (QED) is 0.263. The fourth-order valence-electron chi connectivity index (χ4n) is 2.99. The first kappa shape index (κ1) is 26.9. The molecule has 3 amide bonds. The lowest BCUT2D eigenvalue weighted by atomic mass is 10.0. The SMILES string of the molecule is CC(C)CC(NC(=O)CNC(=O)C(NC(=O)C(N)Cc1ccc(O)cc1)C(C)C)C(=O)O. The zero-order valence-electron chi connectivity index (χ0n) is 18.9. The molecule has 3 unspecified atom stereocenters. The first-order valence-corrected chi connectivity index (χ1v) is 10.5. The predicted octanol–water partition coefficient (Wildman–Crippen LogP) is 0.135. The molecule has 0 heterocycles. The number of phenolic OH excluding ortho intramolecular Hbond substituents is 1. The van der Waals surface area contributed by atoms with Crippen molar-refractivity contribution in [2.45, 2.75) is 58.7 Å². The number of carboxylic acid groups (broad SMARTS) is 1. The van der Waals surface area contributed by atoms with Crippen molar-refractivity contribution in [1.29, 1.82) is 0 Å². The smallest absolute Gasteiger partial charge is 0.326 e. The van der Waals surface area contributed by atoms with Gasteiger partial charge in [-0.3, -0.25) is 14.4 Å². The maximum Gasteiger partial charge on any atom is 0.326 e. The molecule has 7 N–H and O–H groups in total. The van der Waals surface area contributed by atoms with Crippen molar-refractivity contribution in [2.75, 3.05) is 6.54 Å². The number of carboxylic acids is 1. The van der Waals surface area contributed by atoms with E-state index in [2.05, 4.69) is 16.0 Å². The highest BCUT2D eigenvalue weighted by Crippen LogP contribution is 2.11. The maximum absolute atomic E-state index is 12.5. The van der Waals surface area contributed by atoms with Gasteiger partial charge in [0.05, 0.1) is 12.6 Å². The van der Waals surface area contributed by atoms with Gasteiger partial charge >= 0.3 is 5.97 Å². The number of nitrogens with two attached hydrogens (primary N) is 1. The van der Waals surface area contributed by atoms with Crippen molar-refractivity contribution in [1.82, 2.24) is 16.0 Å². The fourth-order valence-corrected chi connectivity index (χ4v) is 2.99. The maximum atomic E-state index is 12.5. The van der Waals surface area contributed by atoms with Crippen LogP contribution >= 0.6 is 0 Å². The number of nitrogens with one attached hydrogen (secondary N) is 3. The Bertz CT molecular complexity index is 794. The Morgan fingerprint density at radius 1 is 0.969 bits per heavy atom. The van der Waals surface area contributed by atoms with Gasteiger partial charge < -0.3 is 31.9 Å². The summed E-state index contributed by atoms with van der Waals surface area (Å²) in [7, 11) is 0. The van der Waals surface area contributed by atoms with Gasteiger partial charge in [0.25, 0.3) is 0 Å². The van der Waals surface area contributed by atoms with Gasteiger partial charge in [-0.1, -0.05) is 39.8 Å². The van der Waals surface area contributed by atoms with Crippen molar-refractivity contribution in [3.8, 4) is 5.75 Å². The van der Waals surface area contributed by atoms with Crippen LogP contribution in [0.25, 0.3) is 0 Å². The van der Waals surface area contributed by atoms with E-state index >= 15 is 0 Å². The van der Waals surface area contributed by atoms with Crippen LogP contribution in [-0.2, 0) is 25.6 Å². The largest absolute Gasteiger partial charge is 0.508 e. The van der Waals surface area contributed by atoms with E-state index in [1.165, 1.54) is 12.1 Å². The molecule has 1 rings (SSSR count). The van der Waals surface area contributed by atoms with Gasteiger partial charge in [-0.05, 0) is 42.4 Å². The van der Waals surface area contributed by atoms with Gasteiger partial charge in [0.1, 0.15) is 17.8 Å². The molecule has 178 valence electrons. The first-order valence-electron chi connectivity index (χ1n) is 10.5. The summed E-state index contributed by atoms with van der Waals surface area (Å²) in [5.41, 5.74) is 6.71. The fraction of sp³-hybridized carbons (Fsp3) is 0.545. The summed E-state index contributed by atoms with van der Waals surface area (Å²) in [4.78, 5) is 48.4. The molecular formula is C22H34N4O6. The molecule has 0 aromatic heterocycles. The van der Waals surface area contributed by atoms with E-state index in [4.69, 9.17) is 5.73 Å². The van der Waals surface area contributed by atoms with Crippen LogP contribution in [0.3, 0.4) is 0 Å². The van der Waals surface area contributed by atoms with E-state index in [0.717, 1.165) is 5.56 Å². The molecule has 3 atom stereocenters. The monoisotopic (exact) mass is 450 g/mol. The van der Waals surface area contributed by atoms with E-state index in [-0.39, 0.29) is 30.4 Å². The Balaban J connectivity index is 2.63. The lowest BCUT2D eigenvalue weighted by Gasteiger charge is -2.24. The number of amides is 3. The van der Waals surface area contributed by atoms with Crippen molar-refractivity contribution in [2.24, 2.45) is 17.6 Å². The summed E-state index contributed by atoms with van der Waals surface area (Å²) in [5, 5.41) is 26.0. The van der Waals surface area contributed by atoms with Crippen LogP contribution in [-0.4, -0.2) is 58.6 Å². The number of phenols is 1. The van der Waals surface area contributed by atoms with Gasteiger partial charge in [0.15, 0.2) is 0 Å². The van der Waals surface area contributed by atoms with Crippen LogP contribution in [0.5, 0.6) is 5.75 Å². The second kappa shape index (κ2) is 12.7. The molecule has 0 saturated heterocycles. The topological polar surface area (TPSA) is 171 Å². The highest BCUT2D eigenvalue weighted by atomic mass is 16.4. The van der Waals surface area contributed by atoms with Gasteiger partial charge in [0, 0.05) is 0 Å². The number of benzene rings is 1. The molecule has 1 aromatic carbocycles. The average molecular weight is 451 g/mol.